The van der Waals surface area contributed by atoms with Gasteiger partial charge in [0.1, 0.15) is 0 Å². The maximum atomic E-state index is 11.2. The molecule has 7 heteroatoms. The standard InChI is InChI=1S/C11H12Cl2N2O3/c12-3-7(16)4-14-6-1-8(13)11-9(2-6)15-10(17)5-18-11/h1-2,7,14,16H,3-5H2,(H,15,17). The lowest BCUT2D eigenvalue weighted by atomic mass is 10.2. The maximum Gasteiger partial charge on any atom is 0.262 e. The van der Waals surface area contributed by atoms with E-state index in [2.05, 4.69) is 10.6 Å². The van der Waals surface area contributed by atoms with Gasteiger partial charge in [-0.15, -0.1) is 11.6 Å². The molecule has 3 N–H and O–H groups in total. The predicted molar refractivity (Wildman–Crippen MR) is 70.8 cm³/mol. The first kappa shape index (κ1) is 13.3. The number of fused-ring (bicyclic) bond motifs is 1. The molecule has 0 bridgehead atoms. The monoisotopic (exact) mass is 290 g/mol. The van der Waals surface area contributed by atoms with Crippen molar-refractivity contribution >= 4 is 40.5 Å². The number of carbonyl (C=O) groups excluding carboxylic acids is 1. The summed E-state index contributed by atoms with van der Waals surface area (Å²) in [4.78, 5) is 11.2. The molecule has 2 rings (SSSR count). The van der Waals surface area contributed by atoms with E-state index in [0.717, 1.165) is 0 Å². The number of hydrogen-bond acceptors (Lipinski definition) is 4. The number of aliphatic hydroxyl groups is 1. The van der Waals surface area contributed by atoms with Crippen molar-refractivity contribution in [2.45, 2.75) is 6.10 Å². The van der Waals surface area contributed by atoms with Crippen LogP contribution in [-0.4, -0.2) is 36.1 Å². The van der Waals surface area contributed by atoms with E-state index in [0.29, 0.717) is 28.7 Å². The van der Waals surface area contributed by atoms with E-state index < -0.39 is 6.10 Å². The summed E-state index contributed by atoms with van der Waals surface area (Å²) in [6.07, 6.45) is -0.646. The van der Waals surface area contributed by atoms with Gasteiger partial charge in [0.2, 0.25) is 0 Å². The highest BCUT2D eigenvalue weighted by Crippen LogP contribution is 2.38. The van der Waals surface area contributed by atoms with Gasteiger partial charge in [0.05, 0.1) is 22.7 Å². The van der Waals surface area contributed by atoms with Crippen molar-refractivity contribution in [2.24, 2.45) is 0 Å². The minimum absolute atomic E-state index is 0.0372. The fourth-order valence-corrected chi connectivity index (χ4v) is 1.93. The lowest BCUT2D eigenvalue weighted by Crippen LogP contribution is -2.26. The van der Waals surface area contributed by atoms with E-state index in [1.54, 1.807) is 12.1 Å². The van der Waals surface area contributed by atoms with Crippen LogP contribution in [0.4, 0.5) is 11.4 Å². The summed E-state index contributed by atoms with van der Waals surface area (Å²) < 4.78 is 5.23. The third-order valence-electron chi connectivity index (χ3n) is 2.39. The van der Waals surface area contributed by atoms with Crippen molar-refractivity contribution in [3.63, 3.8) is 0 Å². The molecule has 1 aliphatic rings. The minimum Gasteiger partial charge on any atom is -0.480 e. The number of nitrogens with one attached hydrogen (secondary N) is 2. The van der Waals surface area contributed by atoms with Crippen LogP contribution < -0.4 is 15.4 Å². The second-order valence-electron chi connectivity index (χ2n) is 3.86. The summed E-state index contributed by atoms with van der Waals surface area (Å²) in [5.74, 6) is 0.377. The molecular formula is C11H12Cl2N2O3. The predicted octanol–water partition coefficient (Wildman–Crippen LogP) is 1.68. The van der Waals surface area contributed by atoms with Crippen molar-refractivity contribution in [1.29, 1.82) is 0 Å². The number of rotatable bonds is 4. The molecule has 0 aromatic heterocycles. The van der Waals surface area contributed by atoms with Gasteiger partial charge in [0.25, 0.3) is 5.91 Å². The Kier molecular flexibility index (Phi) is 4.16. The molecule has 18 heavy (non-hydrogen) atoms. The minimum atomic E-state index is -0.646. The molecule has 0 spiro atoms. The average molecular weight is 291 g/mol. The van der Waals surface area contributed by atoms with Gasteiger partial charge in [-0.25, -0.2) is 0 Å². The van der Waals surface area contributed by atoms with Crippen LogP contribution in [0.2, 0.25) is 5.02 Å². The normalized spacial score (nSPS) is 15.4. The van der Waals surface area contributed by atoms with E-state index in [1.165, 1.54) is 0 Å². The number of anilines is 2. The molecule has 0 aliphatic carbocycles. The highest BCUT2D eigenvalue weighted by Gasteiger charge is 2.19. The SMILES string of the molecule is O=C1COc2c(Cl)cc(NCC(O)CCl)cc2N1. The Morgan fingerprint density at radius 1 is 1.56 bits per heavy atom. The third-order valence-corrected chi connectivity index (χ3v) is 3.02. The van der Waals surface area contributed by atoms with E-state index in [-0.39, 0.29) is 18.4 Å². The van der Waals surface area contributed by atoms with E-state index >= 15 is 0 Å². The number of aliphatic hydroxyl groups excluding tert-OH is 1. The average Bonchev–Trinajstić information content (AvgIpc) is 2.35. The van der Waals surface area contributed by atoms with E-state index in [9.17, 15) is 9.90 Å². The Hall–Kier alpha value is -1.17. The van der Waals surface area contributed by atoms with Crippen LogP contribution in [0.5, 0.6) is 5.75 Å². The Bertz CT molecular complexity index is 468. The number of hydrogen-bond donors (Lipinski definition) is 3. The highest BCUT2D eigenvalue weighted by atomic mass is 35.5. The lowest BCUT2D eigenvalue weighted by molar-refractivity contribution is -0.118. The highest BCUT2D eigenvalue weighted by molar-refractivity contribution is 6.33. The largest absolute Gasteiger partial charge is 0.480 e. The number of halogens is 2. The molecule has 1 unspecified atom stereocenters. The topological polar surface area (TPSA) is 70.6 Å². The zero-order valence-corrected chi connectivity index (χ0v) is 10.9. The van der Waals surface area contributed by atoms with Crippen LogP contribution in [0.3, 0.4) is 0 Å². The molecule has 1 aromatic rings. The van der Waals surface area contributed by atoms with Gasteiger partial charge in [-0.3, -0.25) is 4.79 Å². The number of ether oxygens (including phenoxy) is 1. The van der Waals surface area contributed by atoms with E-state index in [4.69, 9.17) is 27.9 Å². The molecule has 1 aliphatic heterocycles. The van der Waals surface area contributed by atoms with Gasteiger partial charge < -0.3 is 20.5 Å². The van der Waals surface area contributed by atoms with Gasteiger partial charge in [0, 0.05) is 12.2 Å². The summed E-state index contributed by atoms with van der Waals surface area (Å²) >= 11 is 11.5. The Balaban J connectivity index is 2.16. The van der Waals surface area contributed by atoms with Crippen LogP contribution in [0, 0.1) is 0 Å². The van der Waals surface area contributed by atoms with Crippen molar-refractivity contribution in [2.75, 3.05) is 29.7 Å². The first-order valence-corrected chi connectivity index (χ1v) is 6.25. The second-order valence-corrected chi connectivity index (χ2v) is 4.58. The van der Waals surface area contributed by atoms with Crippen molar-refractivity contribution < 1.29 is 14.6 Å². The van der Waals surface area contributed by atoms with Crippen LogP contribution in [0.25, 0.3) is 0 Å². The Morgan fingerprint density at radius 2 is 2.33 bits per heavy atom. The number of alkyl halides is 1. The van der Waals surface area contributed by atoms with Crippen molar-refractivity contribution in [3.8, 4) is 5.75 Å². The molecule has 5 nitrogen and oxygen atoms in total. The quantitative estimate of drug-likeness (QED) is 0.738. The number of amides is 1. The summed E-state index contributed by atoms with van der Waals surface area (Å²) in [6.45, 7) is 0.262. The van der Waals surface area contributed by atoms with Crippen LogP contribution >= 0.6 is 23.2 Å². The van der Waals surface area contributed by atoms with Gasteiger partial charge >= 0.3 is 0 Å². The second kappa shape index (κ2) is 5.65. The van der Waals surface area contributed by atoms with E-state index in [1.807, 2.05) is 0 Å². The fourth-order valence-electron chi connectivity index (χ4n) is 1.55. The van der Waals surface area contributed by atoms with Gasteiger partial charge in [-0.2, -0.15) is 0 Å². The first-order chi connectivity index (χ1) is 8.60. The third kappa shape index (κ3) is 2.98. The summed E-state index contributed by atoms with van der Waals surface area (Å²) in [5, 5.41) is 15.4. The molecule has 0 saturated carbocycles. The van der Waals surface area contributed by atoms with Crippen molar-refractivity contribution in [1.82, 2.24) is 0 Å². The molecule has 1 aromatic carbocycles. The molecule has 1 amide bonds. The van der Waals surface area contributed by atoms with Gasteiger partial charge in [-0.05, 0) is 12.1 Å². The lowest BCUT2D eigenvalue weighted by Gasteiger charge is -2.20. The molecule has 1 heterocycles. The smallest absolute Gasteiger partial charge is 0.262 e. The zero-order chi connectivity index (χ0) is 13.1. The number of benzene rings is 1. The van der Waals surface area contributed by atoms with Crippen molar-refractivity contribution in [3.05, 3.63) is 17.2 Å². The molecule has 98 valence electrons. The molecule has 0 saturated heterocycles. The maximum absolute atomic E-state index is 11.2. The molecule has 0 fully saturated rings. The molecule has 0 radical (unpaired) electrons. The fraction of sp³-hybridized carbons (Fsp3) is 0.364. The Labute approximate surface area is 114 Å². The van der Waals surface area contributed by atoms with Gasteiger partial charge in [-0.1, -0.05) is 11.6 Å². The summed E-state index contributed by atoms with van der Waals surface area (Å²) in [6, 6.07) is 3.36. The summed E-state index contributed by atoms with van der Waals surface area (Å²) in [5.41, 5.74) is 1.19. The first-order valence-electron chi connectivity index (χ1n) is 5.34. The molecular weight excluding hydrogens is 279 g/mol. The van der Waals surface area contributed by atoms with Crippen LogP contribution in [0.15, 0.2) is 12.1 Å². The summed E-state index contributed by atoms with van der Waals surface area (Å²) in [7, 11) is 0. The van der Waals surface area contributed by atoms with Crippen LogP contribution in [-0.2, 0) is 4.79 Å². The Morgan fingerprint density at radius 3 is 3.06 bits per heavy atom. The number of carbonyl (C=O) groups is 1. The van der Waals surface area contributed by atoms with Gasteiger partial charge in [0.15, 0.2) is 12.4 Å². The molecule has 1 atom stereocenters. The zero-order valence-electron chi connectivity index (χ0n) is 9.37. The van der Waals surface area contributed by atoms with Crippen LogP contribution in [0.1, 0.15) is 0 Å².